The number of carbonyl (C=O) groups excluding carboxylic acids is 1. The highest BCUT2D eigenvalue weighted by Gasteiger charge is 2.38. The zero-order valence-corrected chi connectivity index (χ0v) is 16.2. The van der Waals surface area contributed by atoms with E-state index in [1.807, 2.05) is 30.3 Å². The average Bonchev–Trinajstić information content (AvgIpc) is 2.90. The predicted molar refractivity (Wildman–Crippen MR) is 103 cm³/mol. The van der Waals surface area contributed by atoms with Gasteiger partial charge in [0.1, 0.15) is 6.54 Å². The van der Waals surface area contributed by atoms with E-state index in [1.54, 1.807) is 6.92 Å². The minimum absolute atomic E-state index is 0.0930. The highest BCUT2D eigenvalue weighted by atomic mass is 19.4. The van der Waals surface area contributed by atoms with Gasteiger partial charge in [0.15, 0.2) is 11.5 Å². The van der Waals surface area contributed by atoms with Crippen LogP contribution < -0.4 is 14.8 Å². The number of alkyl halides is 3. The van der Waals surface area contributed by atoms with Crippen LogP contribution >= 0.6 is 0 Å². The molecule has 1 atom stereocenters. The van der Waals surface area contributed by atoms with E-state index in [0.717, 1.165) is 10.1 Å². The van der Waals surface area contributed by atoms with E-state index in [4.69, 9.17) is 9.47 Å². The maximum absolute atomic E-state index is 13.6. The van der Waals surface area contributed by atoms with Crippen LogP contribution in [0.15, 0.2) is 42.5 Å². The van der Waals surface area contributed by atoms with Gasteiger partial charge in [-0.25, -0.2) is 4.98 Å². The summed E-state index contributed by atoms with van der Waals surface area (Å²) in [6.07, 6.45) is -4.05. The van der Waals surface area contributed by atoms with Crippen molar-refractivity contribution in [1.82, 2.24) is 14.9 Å². The van der Waals surface area contributed by atoms with Crippen molar-refractivity contribution in [3.8, 4) is 11.5 Å². The second-order valence-corrected chi connectivity index (χ2v) is 7.06. The normalized spacial score (nSPS) is 14.9. The average molecular weight is 419 g/mol. The number of imidazole rings is 1. The molecule has 1 aliphatic heterocycles. The van der Waals surface area contributed by atoms with Gasteiger partial charge >= 0.3 is 6.18 Å². The highest BCUT2D eigenvalue weighted by Crippen LogP contribution is 2.37. The molecule has 9 heteroatoms. The largest absolute Gasteiger partial charge is 0.489 e. The van der Waals surface area contributed by atoms with Crippen LogP contribution in [0.4, 0.5) is 13.2 Å². The predicted octanol–water partition coefficient (Wildman–Crippen LogP) is 4.09. The molecule has 0 saturated carbocycles. The van der Waals surface area contributed by atoms with Gasteiger partial charge in [0.05, 0.1) is 30.3 Å². The number of carbonyl (C=O) groups is 1. The van der Waals surface area contributed by atoms with Gasteiger partial charge in [-0.1, -0.05) is 30.3 Å². The fraction of sp³-hybridized carbons (Fsp3) is 0.333. The number of halogens is 3. The Balaban J connectivity index is 1.67. The Bertz CT molecular complexity index is 1060. The Morgan fingerprint density at radius 2 is 1.83 bits per heavy atom. The molecule has 158 valence electrons. The van der Waals surface area contributed by atoms with Crippen LogP contribution in [0, 0.1) is 0 Å². The SMILES string of the molecule is C[C@H](NC(=O)Cn1c(C(F)(F)F)nc2cc3c(cc21)OCCCO3)c1ccccc1. The molecule has 3 aromatic rings. The lowest BCUT2D eigenvalue weighted by Gasteiger charge is -2.16. The number of benzene rings is 2. The fourth-order valence-corrected chi connectivity index (χ4v) is 3.41. The van der Waals surface area contributed by atoms with E-state index in [1.165, 1.54) is 12.1 Å². The Hall–Kier alpha value is -3.23. The van der Waals surface area contributed by atoms with Crippen LogP contribution in [0.1, 0.15) is 30.8 Å². The molecule has 1 N–H and O–H groups in total. The molecule has 0 unspecified atom stereocenters. The van der Waals surface area contributed by atoms with Gasteiger partial charge in [-0.15, -0.1) is 0 Å². The first-order valence-electron chi connectivity index (χ1n) is 9.54. The number of nitrogens with one attached hydrogen (secondary N) is 1. The molecule has 30 heavy (non-hydrogen) atoms. The number of hydrogen-bond donors (Lipinski definition) is 1. The topological polar surface area (TPSA) is 65.4 Å². The van der Waals surface area contributed by atoms with Gasteiger partial charge in [-0.2, -0.15) is 13.2 Å². The summed E-state index contributed by atoms with van der Waals surface area (Å²) in [6, 6.07) is 11.7. The third-order valence-electron chi connectivity index (χ3n) is 4.85. The molecule has 0 radical (unpaired) electrons. The third-order valence-corrected chi connectivity index (χ3v) is 4.85. The van der Waals surface area contributed by atoms with Crippen LogP contribution in [0.3, 0.4) is 0 Å². The van der Waals surface area contributed by atoms with E-state index in [-0.39, 0.29) is 17.1 Å². The number of fused-ring (bicyclic) bond motifs is 2. The van der Waals surface area contributed by atoms with Crippen molar-refractivity contribution in [2.45, 2.75) is 32.1 Å². The number of ether oxygens (including phenoxy) is 2. The zero-order chi connectivity index (χ0) is 21.3. The summed E-state index contributed by atoms with van der Waals surface area (Å²) in [5.41, 5.74) is 1.11. The van der Waals surface area contributed by atoms with Crippen molar-refractivity contribution >= 4 is 16.9 Å². The summed E-state index contributed by atoms with van der Waals surface area (Å²) < 4.78 is 52.9. The molecule has 2 heterocycles. The Labute approximate surface area is 170 Å². The lowest BCUT2D eigenvalue weighted by atomic mass is 10.1. The molecule has 1 amide bonds. The number of rotatable bonds is 4. The van der Waals surface area contributed by atoms with Crippen molar-refractivity contribution < 1.29 is 27.4 Å². The van der Waals surface area contributed by atoms with Gasteiger partial charge in [0.25, 0.3) is 0 Å². The number of aromatic nitrogens is 2. The van der Waals surface area contributed by atoms with E-state index in [0.29, 0.717) is 31.1 Å². The van der Waals surface area contributed by atoms with Crippen molar-refractivity contribution in [2.24, 2.45) is 0 Å². The minimum atomic E-state index is -4.72. The molecule has 0 spiro atoms. The molecular weight excluding hydrogens is 399 g/mol. The maximum Gasteiger partial charge on any atom is 0.449 e. The molecular formula is C21H20F3N3O3. The minimum Gasteiger partial charge on any atom is -0.489 e. The Kier molecular flexibility index (Phi) is 5.27. The lowest BCUT2D eigenvalue weighted by Crippen LogP contribution is -2.31. The molecule has 1 aromatic heterocycles. The third kappa shape index (κ3) is 4.05. The van der Waals surface area contributed by atoms with Crippen LogP contribution in [0.5, 0.6) is 11.5 Å². The number of nitrogens with zero attached hydrogens (tertiary/aromatic N) is 2. The molecule has 2 aromatic carbocycles. The van der Waals surface area contributed by atoms with Gasteiger partial charge in [0.2, 0.25) is 11.7 Å². The van der Waals surface area contributed by atoms with E-state index < -0.39 is 24.5 Å². The van der Waals surface area contributed by atoms with Crippen LogP contribution in [0.2, 0.25) is 0 Å². The second kappa shape index (κ2) is 7.89. The van der Waals surface area contributed by atoms with E-state index in [2.05, 4.69) is 10.3 Å². The molecule has 0 saturated heterocycles. The summed E-state index contributed by atoms with van der Waals surface area (Å²) in [5, 5.41) is 2.74. The first-order valence-corrected chi connectivity index (χ1v) is 9.54. The van der Waals surface area contributed by atoms with Gasteiger partial charge in [-0.3, -0.25) is 4.79 Å². The Morgan fingerprint density at radius 3 is 2.50 bits per heavy atom. The van der Waals surface area contributed by atoms with E-state index >= 15 is 0 Å². The molecule has 6 nitrogen and oxygen atoms in total. The first kappa shape index (κ1) is 20.1. The van der Waals surface area contributed by atoms with Crippen LogP contribution in [0.25, 0.3) is 11.0 Å². The molecule has 0 aliphatic carbocycles. The van der Waals surface area contributed by atoms with Gasteiger partial charge in [-0.05, 0) is 12.5 Å². The van der Waals surface area contributed by atoms with Gasteiger partial charge < -0.3 is 19.4 Å². The summed E-state index contributed by atoms with van der Waals surface area (Å²) in [6.45, 7) is 2.05. The van der Waals surface area contributed by atoms with Crippen molar-refractivity contribution in [3.63, 3.8) is 0 Å². The summed E-state index contributed by atoms with van der Waals surface area (Å²) in [7, 11) is 0. The summed E-state index contributed by atoms with van der Waals surface area (Å²) >= 11 is 0. The molecule has 0 bridgehead atoms. The quantitative estimate of drug-likeness (QED) is 0.692. The van der Waals surface area contributed by atoms with Crippen LogP contribution in [-0.4, -0.2) is 28.7 Å². The smallest absolute Gasteiger partial charge is 0.449 e. The standard InChI is InChI=1S/C21H20F3N3O3/c1-13(14-6-3-2-4-7-14)25-19(28)12-27-16-11-18-17(29-8-5-9-30-18)10-15(16)26-20(27)21(22,23)24/h2-4,6-7,10-11,13H,5,8-9,12H2,1H3,(H,25,28)/t13-/m0/s1. The number of amides is 1. The summed E-state index contributed by atoms with van der Waals surface area (Å²) in [5.74, 6) is -1.00. The van der Waals surface area contributed by atoms with E-state index in [9.17, 15) is 18.0 Å². The monoisotopic (exact) mass is 419 g/mol. The van der Waals surface area contributed by atoms with Crippen LogP contribution in [-0.2, 0) is 17.5 Å². The maximum atomic E-state index is 13.6. The van der Waals surface area contributed by atoms with Gasteiger partial charge in [0, 0.05) is 18.6 Å². The van der Waals surface area contributed by atoms with Crippen molar-refractivity contribution in [3.05, 3.63) is 53.9 Å². The second-order valence-electron chi connectivity index (χ2n) is 7.06. The lowest BCUT2D eigenvalue weighted by molar-refractivity contribution is -0.147. The molecule has 1 aliphatic rings. The molecule has 4 rings (SSSR count). The fourth-order valence-electron chi connectivity index (χ4n) is 3.41. The first-order chi connectivity index (χ1) is 14.3. The Morgan fingerprint density at radius 1 is 1.17 bits per heavy atom. The summed E-state index contributed by atoms with van der Waals surface area (Å²) in [4.78, 5) is 16.3. The molecule has 0 fully saturated rings. The highest BCUT2D eigenvalue weighted by molar-refractivity contribution is 5.84. The zero-order valence-electron chi connectivity index (χ0n) is 16.2. The van der Waals surface area contributed by atoms with Crippen molar-refractivity contribution in [1.29, 1.82) is 0 Å². The van der Waals surface area contributed by atoms with Crippen molar-refractivity contribution in [2.75, 3.05) is 13.2 Å². The number of hydrogen-bond acceptors (Lipinski definition) is 4.